The van der Waals surface area contributed by atoms with Crippen LogP contribution in [0.5, 0.6) is 0 Å². The molecule has 8 heteroatoms. The summed E-state index contributed by atoms with van der Waals surface area (Å²) < 4.78 is 26.5. The number of anilines is 1. The third kappa shape index (κ3) is 5.33. The Morgan fingerprint density at radius 2 is 1.95 bits per heavy atom. The largest absolute Gasteiger partial charge is 0.379 e. The van der Waals surface area contributed by atoms with Gasteiger partial charge in [-0.15, -0.1) is 0 Å². The van der Waals surface area contributed by atoms with Crippen LogP contribution >= 0.6 is 0 Å². The monoisotopic (exact) mass is 301 g/mol. The van der Waals surface area contributed by atoms with Crippen LogP contribution < -0.4 is 10.6 Å². The average molecular weight is 301 g/mol. The molecule has 1 aromatic rings. The molecule has 0 aliphatic heterocycles. The fourth-order valence-electron chi connectivity index (χ4n) is 1.68. The summed E-state index contributed by atoms with van der Waals surface area (Å²) in [5, 5.41) is 16.0. The highest BCUT2D eigenvalue weighted by Gasteiger charge is 2.22. The molecule has 21 heavy (non-hydrogen) atoms. The van der Waals surface area contributed by atoms with E-state index in [-0.39, 0.29) is 24.6 Å². The molecule has 1 rings (SSSR count). The van der Waals surface area contributed by atoms with Gasteiger partial charge < -0.3 is 10.6 Å². The zero-order valence-corrected chi connectivity index (χ0v) is 12.0. The molecule has 0 saturated heterocycles. The summed E-state index contributed by atoms with van der Waals surface area (Å²) in [6.45, 7) is 5.45. The molecule has 0 heterocycles. The van der Waals surface area contributed by atoms with Crippen LogP contribution in [0.3, 0.4) is 0 Å². The van der Waals surface area contributed by atoms with Crippen molar-refractivity contribution in [3.8, 4) is 0 Å². The van der Waals surface area contributed by atoms with Crippen molar-refractivity contribution in [3.05, 3.63) is 33.9 Å². The standard InChI is InChI=1S/C13H17F2N3O3/c1-13(2,3)17-11(19)4-5-16-10-7-8(14)6-9(15)12(10)18(20)21/h6-7,16H,4-5H2,1-3H3,(H,17,19). The molecule has 1 aromatic carbocycles. The quantitative estimate of drug-likeness (QED) is 0.646. The highest BCUT2D eigenvalue weighted by atomic mass is 19.1. The Hall–Kier alpha value is -2.25. The van der Waals surface area contributed by atoms with Crippen LogP contribution in [0.4, 0.5) is 20.2 Å². The molecule has 0 unspecified atom stereocenters. The van der Waals surface area contributed by atoms with Gasteiger partial charge in [-0.25, -0.2) is 4.39 Å². The van der Waals surface area contributed by atoms with Gasteiger partial charge in [-0.3, -0.25) is 14.9 Å². The van der Waals surface area contributed by atoms with Gasteiger partial charge in [0, 0.05) is 30.6 Å². The van der Waals surface area contributed by atoms with Gasteiger partial charge in [0.2, 0.25) is 11.7 Å². The van der Waals surface area contributed by atoms with Crippen LogP contribution in [0.1, 0.15) is 27.2 Å². The fourth-order valence-corrected chi connectivity index (χ4v) is 1.68. The number of hydrogen-bond acceptors (Lipinski definition) is 4. The predicted molar refractivity (Wildman–Crippen MR) is 74.0 cm³/mol. The lowest BCUT2D eigenvalue weighted by Gasteiger charge is -2.20. The van der Waals surface area contributed by atoms with Crippen LogP contribution in [-0.2, 0) is 4.79 Å². The van der Waals surface area contributed by atoms with Gasteiger partial charge in [0.1, 0.15) is 11.5 Å². The van der Waals surface area contributed by atoms with E-state index in [1.165, 1.54) is 0 Å². The maximum atomic E-state index is 13.4. The summed E-state index contributed by atoms with van der Waals surface area (Å²) in [5.74, 6) is -2.46. The average Bonchev–Trinajstić information content (AvgIpc) is 2.24. The number of carbonyl (C=O) groups is 1. The van der Waals surface area contributed by atoms with Crippen molar-refractivity contribution in [1.29, 1.82) is 0 Å². The van der Waals surface area contributed by atoms with E-state index in [1.54, 1.807) is 0 Å². The van der Waals surface area contributed by atoms with E-state index in [9.17, 15) is 23.7 Å². The van der Waals surface area contributed by atoms with Gasteiger partial charge in [0.25, 0.3) is 0 Å². The van der Waals surface area contributed by atoms with Crippen molar-refractivity contribution in [3.63, 3.8) is 0 Å². The summed E-state index contributed by atoms with van der Waals surface area (Å²) in [5.41, 5.74) is -1.53. The molecule has 2 N–H and O–H groups in total. The second kappa shape index (κ2) is 6.47. The van der Waals surface area contributed by atoms with E-state index in [0.29, 0.717) is 6.07 Å². The minimum Gasteiger partial charge on any atom is -0.379 e. The van der Waals surface area contributed by atoms with Gasteiger partial charge in [0.05, 0.1) is 4.92 Å². The van der Waals surface area contributed by atoms with Crippen LogP contribution in [0.2, 0.25) is 0 Å². The minimum absolute atomic E-state index is 0.0195. The maximum Gasteiger partial charge on any atom is 0.327 e. The van der Waals surface area contributed by atoms with Crippen molar-refractivity contribution in [2.45, 2.75) is 32.7 Å². The Kier molecular flexibility index (Phi) is 5.17. The second-order valence-corrected chi connectivity index (χ2v) is 5.52. The van der Waals surface area contributed by atoms with Crippen molar-refractivity contribution < 1.29 is 18.5 Å². The van der Waals surface area contributed by atoms with Crippen molar-refractivity contribution in [2.75, 3.05) is 11.9 Å². The Morgan fingerprint density at radius 1 is 1.33 bits per heavy atom. The molecule has 0 aromatic heterocycles. The van der Waals surface area contributed by atoms with Crippen LogP contribution in [0.15, 0.2) is 12.1 Å². The number of amides is 1. The van der Waals surface area contributed by atoms with Crippen molar-refractivity contribution >= 4 is 17.3 Å². The highest BCUT2D eigenvalue weighted by Crippen LogP contribution is 2.28. The summed E-state index contributed by atoms with van der Waals surface area (Å²) in [6, 6.07) is 1.26. The van der Waals surface area contributed by atoms with Gasteiger partial charge >= 0.3 is 5.69 Å². The Labute approximate surface area is 120 Å². The number of nitro groups is 1. The first kappa shape index (κ1) is 16.8. The zero-order chi connectivity index (χ0) is 16.2. The van der Waals surface area contributed by atoms with E-state index in [1.807, 2.05) is 20.8 Å². The van der Waals surface area contributed by atoms with E-state index in [0.717, 1.165) is 6.07 Å². The molecule has 0 bridgehead atoms. The molecule has 0 aliphatic carbocycles. The molecule has 6 nitrogen and oxygen atoms in total. The van der Waals surface area contributed by atoms with Crippen molar-refractivity contribution in [2.24, 2.45) is 0 Å². The molecule has 0 radical (unpaired) electrons. The van der Waals surface area contributed by atoms with E-state index < -0.39 is 27.8 Å². The van der Waals surface area contributed by atoms with Crippen LogP contribution in [-0.4, -0.2) is 22.9 Å². The molecule has 0 aliphatic rings. The first-order valence-corrected chi connectivity index (χ1v) is 6.28. The summed E-state index contributed by atoms with van der Waals surface area (Å²) in [4.78, 5) is 21.4. The molecule has 116 valence electrons. The molecule has 0 atom stereocenters. The first-order valence-electron chi connectivity index (χ1n) is 6.28. The molecular weight excluding hydrogens is 284 g/mol. The summed E-state index contributed by atoms with van der Waals surface area (Å²) >= 11 is 0. The number of halogens is 2. The van der Waals surface area contributed by atoms with E-state index in [4.69, 9.17) is 0 Å². The SMILES string of the molecule is CC(C)(C)NC(=O)CCNc1cc(F)cc(F)c1[N+](=O)[O-]. The van der Waals surface area contributed by atoms with Gasteiger partial charge in [0.15, 0.2) is 0 Å². The lowest BCUT2D eigenvalue weighted by Crippen LogP contribution is -2.41. The maximum absolute atomic E-state index is 13.4. The number of hydrogen-bond donors (Lipinski definition) is 2. The Balaban J connectivity index is 2.72. The van der Waals surface area contributed by atoms with Gasteiger partial charge in [-0.05, 0) is 20.8 Å². The number of nitrogens with one attached hydrogen (secondary N) is 2. The lowest BCUT2D eigenvalue weighted by molar-refractivity contribution is -0.386. The predicted octanol–water partition coefficient (Wildman–Crippen LogP) is 2.59. The number of benzene rings is 1. The van der Waals surface area contributed by atoms with Crippen molar-refractivity contribution in [1.82, 2.24) is 5.32 Å². The Bertz CT molecular complexity index is 556. The van der Waals surface area contributed by atoms with Gasteiger partial charge in [-0.1, -0.05) is 0 Å². The number of rotatable bonds is 5. The molecule has 1 amide bonds. The number of carbonyl (C=O) groups excluding carboxylic acids is 1. The van der Waals surface area contributed by atoms with E-state index in [2.05, 4.69) is 10.6 Å². The Morgan fingerprint density at radius 3 is 2.48 bits per heavy atom. The first-order chi connectivity index (χ1) is 9.60. The van der Waals surface area contributed by atoms with Crippen LogP contribution in [0, 0.1) is 21.7 Å². The van der Waals surface area contributed by atoms with E-state index >= 15 is 0 Å². The number of nitrogens with zero attached hydrogens (tertiary/aromatic N) is 1. The fraction of sp³-hybridized carbons (Fsp3) is 0.462. The topological polar surface area (TPSA) is 84.3 Å². The second-order valence-electron chi connectivity index (χ2n) is 5.52. The third-order valence-corrected chi connectivity index (χ3v) is 2.39. The number of nitro benzene ring substituents is 1. The van der Waals surface area contributed by atoms with Gasteiger partial charge in [-0.2, -0.15) is 4.39 Å². The highest BCUT2D eigenvalue weighted by molar-refractivity contribution is 5.77. The molecule has 0 fully saturated rings. The zero-order valence-electron chi connectivity index (χ0n) is 12.0. The minimum atomic E-state index is -1.26. The van der Waals surface area contributed by atoms with Crippen LogP contribution in [0.25, 0.3) is 0 Å². The smallest absolute Gasteiger partial charge is 0.327 e. The normalized spacial score (nSPS) is 11.1. The third-order valence-electron chi connectivity index (χ3n) is 2.39. The molecular formula is C13H17F2N3O3. The molecule has 0 spiro atoms. The molecule has 0 saturated carbocycles. The lowest BCUT2D eigenvalue weighted by atomic mass is 10.1. The summed E-state index contributed by atoms with van der Waals surface area (Å²) in [7, 11) is 0. The summed E-state index contributed by atoms with van der Waals surface area (Å²) in [6.07, 6.45) is 0.0204.